The fourth-order valence-corrected chi connectivity index (χ4v) is 2.76. The summed E-state index contributed by atoms with van der Waals surface area (Å²) < 4.78 is 24.7. The van der Waals surface area contributed by atoms with E-state index in [2.05, 4.69) is 10.1 Å². The van der Waals surface area contributed by atoms with Crippen molar-refractivity contribution in [3.05, 3.63) is 48.3 Å². The number of rotatable bonds is 3. The van der Waals surface area contributed by atoms with Crippen LogP contribution in [0.3, 0.4) is 0 Å². The molecule has 0 aliphatic rings. The highest BCUT2D eigenvalue weighted by atomic mass is 32.2. The second-order valence-corrected chi connectivity index (χ2v) is 6.73. The van der Waals surface area contributed by atoms with Crippen molar-refractivity contribution >= 4 is 15.5 Å². The van der Waals surface area contributed by atoms with Crippen LogP contribution in [-0.2, 0) is 16.4 Å². The minimum atomic E-state index is -3.20. The Balaban J connectivity index is 2.14. The Morgan fingerprint density at radius 3 is 2.48 bits per heavy atom. The number of hydrogen-bond acceptors (Lipinski definition) is 5. The highest BCUT2D eigenvalue weighted by Crippen LogP contribution is 2.22. The van der Waals surface area contributed by atoms with Crippen LogP contribution in [0.4, 0.5) is 0 Å². The van der Waals surface area contributed by atoms with E-state index in [0.717, 1.165) is 11.3 Å². The molecule has 0 atom stereocenters. The molecule has 0 bridgehead atoms. The van der Waals surface area contributed by atoms with E-state index in [1.165, 1.54) is 6.26 Å². The number of sulfone groups is 1. The van der Waals surface area contributed by atoms with Gasteiger partial charge in [0.1, 0.15) is 0 Å². The normalized spacial score (nSPS) is 11.9. The molecule has 0 fully saturated rings. The van der Waals surface area contributed by atoms with E-state index in [4.69, 9.17) is 5.73 Å². The highest BCUT2D eigenvalue weighted by Gasteiger charge is 2.10. The maximum atomic E-state index is 11.5. The van der Waals surface area contributed by atoms with Gasteiger partial charge >= 0.3 is 0 Å². The molecule has 108 valence electrons. The Labute approximate surface area is 122 Å². The lowest BCUT2D eigenvalue weighted by atomic mass is 10.1. The molecule has 2 heterocycles. The monoisotopic (exact) mass is 302 g/mol. The fourth-order valence-electron chi connectivity index (χ4n) is 2.13. The van der Waals surface area contributed by atoms with Gasteiger partial charge in [0.05, 0.1) is 17.1 Å². The van der Waals surface area contributed by atoms with Crippen molar-refractivity contribution in [2.45, 2.75) is 11.4 Å². The van der Waals surface area contributed by atoms with Gasteiger partial charge in [0, 0.05) is 11.8 Å². The van der Waals surface area contributed by atoms with Gasteiger partial charge in [-0.1, -0.05) is 18.2 Å². The van der Waals surface area contributed by atoms with Crippen LogP contribution >= 0.6 is 0 Å². The number of nitrogens with two attached hydrogens (primary N) is 1. The van der Waals surface area contributed by atoms with E-state index < -0.39 is 9.84 Å². The lowest BCUT2D eigenvalue weighted by molar-refractivity contribution is 0.602. The Bertz CT molecular complexity index is 898. The van der Waals surface area contributed by atoms with Gasteiger partial charge in [-0.2, -0.15) is 0 Å². The molecule has 0 unspecified atom stereocenters. The van der Waals surface area contributed by atoms with Crippen molar-refractivity contribution in [2.75, 3.05) is 6.26 Å². The molecule has 0 radical (unpaired) electrons. The predicted octanol–water partition coefficient (Wildman–Crippen LogP) is 1.26. The molecule has 0 amide bonds. The lowest BCUT2D eigenvalue weighted by Crippen LogP contribution is -2.00. The molecule has 3 rings (SSSR count). The van der Waals surface area contributed by atoms with Crippen molar-refractivity contribution in [1.82, 2.24) is 14.6 Å². The van der Waals surface area contributed by atoms with Gasteiger partial charge in [-0.15, -0.1) is 5.10 Å². The smallest absolute Gasteiger partial charge is 0.175 e. The molecule has 0 spiro atoms. The summed E-state index contributed by atoms with van der Waals surface area (Å²) >= 11 is 0. The van der Waals surface area contributed by atoms with Crippen LogP contribution < -0.4 is 5.73 Å². The number of hydrogen-bond donors (Lipinski definition) is 1. The van der Waals surface area contributed by atoms with Gasteiger partial charge in [0.15, 0.2) is 21.3 Å². The van der Waals surface area contributed by atoms with Crippen LogP contribution in [-0.4, -0.2) is 29.3 Å². The second-order valence-electron chi connectivity index (χ2n) is 4.71. The minimum Gasteiger partial charge on any atom is -0.324 e. The molecule has 1 aromatic carbocycles. The summed E-state index contributed by atoms with van der Waals surface area (Å²) in [5.41, 5.74) is 7.97. The first-order chi connectivity index (χ1) is 9.99. The van der Waals surface area contributed by atoms with Gasteiger partial charge in [-0.3, -0.25) is 0 Å². The third-order valence-electron chi connectivity index (χ3n) is 3.16. The Hall–Kier alpha value is -2.25. The van der Waals surface area contributed by atoms with Crippen molar-refractivity contribution in [3.8, 4) is 11.3 Å². The fraction of sp³-hybridized carbons (Fsp3) is 0.143. The number of aromatic nitrogens is 3. The summed E-state index contributed by atoms with van der Waals surface area (Å²) in [4.78, 5) is 4.60. The molecule has 21 heavy (non-hydrogen) atoms. The second kappa shape index (κ2) is 4.94. The van der Waals surface area contributed by atoms with Crippen molar-refractivity contribution in [2.24, 2.45) is 5.73 Å². The summed E-state index contributed by atoms with van der Waals surface area (Å²) in [5, 5.41) is 4.34. The predicted molar refractivity (Wildman–Crippen MR) is 79.4 cm³/mol. The summed E-state index contributed by atoms with van der Waals surface area (Å²) in [6.07, 6.45) is 1.19. The largest absolute Gasteiger partial charge is 0.324 e. The standard InChI is InChI=1S/C14H14N4O2S/c1-21(19,20)11-7-5-10(6-8-11)12-3-2-4-14-16-13(9-15)17-18(12)14/h2-8H,9,15H2,1H3. The van der Waals surface area contributed by atoms with E-state index in [0.29, 0.717) is 16.4 Å². The Kier molecular flexibility index (Phi) is 3.23. The summed E-state index contributed by atoms with van der Waals surface area (Å²) in [5.74, 6) is 0.565. The average Bonchev–Trinajstić information content (AvgIpc) is 2.89. The van der Waals surface area contributed by atoms with Crippen molar-refractivity contribution < 1.29 is 8.42 Å². The molecule has 2 N–H and O–H groups in total. The molecular formula is C14H14N4O2S. The van der Waals surface area contributed by atoms with E-state index in [-0.39, 0.29) is 6.54 Å². The van der Waals surface area contributed by atoms with Crippen LogP contribution in [0.1, 0.15) is 5.82 Å². The molecule has 0 aliphatic heterocycles. The molecule has 6 nitrogen and oxygen atoms in total. The van der Waals surface area contributed by atoms with Crippen LogP contribution in [0.2, 0.25) is 0 Å². The molecule has 7 heteroatoms. The number of pyridine rings is 1. The first-order valence-electron chi connectivity index (χ1n) is 6.34. The van der Waals surface area contributed by atoms with Crippen LogP contribution in [0.25, 0.3) is 16.9 Å². The maximum absolute atomic E-state index is 11.5. The van der Waals surface area contributed by atoms with E-state index in [9.17, 15) is 8.42 Å². The van der Waals surface area contributed by atoms with Crippen LogP contribution in [0, 0.1) is 0 Å². The van der Waals surface area contributed by atoms with E-state index in [1.54, 1.807) is 28.8 Å². The molecule has 0 aliphatic carbocycles. The zero-order valence-corrected chi connectivity index (χ0v) is 12.2. The highest BCUT2D eigenvalue weighted by molar-refractivity contribution is 7.90. The zero-order chi connectivity index (χ0) is 15.0. The quantitative estimate of drug-likeness (QED) is 0.786. The molecular weight excluding hydrogens is 288 g/mol. The van der Waals surface area contributed by atoms with Gasteiger partial charge in [0.25, 0.3) is 0 Å². The molecule has 3 aromatic rings. The van der Waals surface area contributed by atoms with Gasteiger partial charge in [-0.25, -0.2) is 17.9 Å². The summed E-state index contributed by atoms with van der Waals surface area (Å²) in [6.45, 7) is 0.272. The Morgan fingerprint density at radius 2 is 1.86 bits per heavy atom. The molecule has 2 aromatic heterocycles. The van der Waals surface area contributed by atoms with Gasteiger partial charge < -0.3 is 5.73 Å². The van der Waals surface area contributed by atoms with Crippen molar-refractivity contribution in [1.29, 1.82) is 0 Å². The SMILES string of the molecule is CS(=O)(=O)c1ccc(-c2cccc3nc(CN)nn23)cc1. The topological polar surface area (TPSA) is 90.3 Å². The van der Waals surface area contributed by atoms with E-state index in [1.807, 2.05) is 18.2 Å². The zero-order valence-electron chi connectivity index (χ0n) is 11.4. The number of benzene rings is 1. The van der Waals surface area contributed by atoms with Crippen LogP contribution in [0.15, 0.2) is 47.4 Å². The third-order valence-corrected chi connectivity index (χ3v) is 4.29. The first kappa shape index (κ1) is 13.7. The Morgan fingerprint density at radius 1 is 1.14 bits per heavy atom. The summed E-state index contributed by atoms with van der Waals surface area (Å²) in [6, 6.07) is 12.3. The van der Waals surface area contributed by atoms with Crippen molar-refractivity contribution in [3.63, 3.8) is 0 Å². The molecule has 0 saturated carbocycles. The summed E-state index contributed by atoms with van der Waals surface area (Å²) in [7, 11) is -3.20. The lowest BCUT2D eigenvalue weighted by Gasteiger charge is -2.05. The van der Waals surface area contributed by atoms with Gasteiger partial charge in [0.2, 0.25) is 0 Å². The minimum absolute atomic E-state index is 0.272. The van der Waals surface area contributed by atoms with Gasteiger partial charge in [-0.05, 0) is 24.3 Å². The average molecular weight is 302 g/mol. The number of nitrogens with zero attached hydrogens (tertiary/aromatic N) is 3. The third kappa shape index (κ3) is 2.53. The van der Waals surface area contributed by atoms with E-state index >= 15 is 0 Å². The molecule has 0 saturated heterocycles. The first-order valence-corrected chi connectivity index (χ1v) is 8.23. The maximum Gasteiger partial charge on any atom is 0.175 e. The van der Waals surface area contributed by atoms with Crippen LogP contribution in [0.5, 0.6) is 0 Å². The number of fused-ring (bicyclic) bond motifs is 1.